The van der Waals surface area contributed by atoms with E-state index in [4.69, 9.17) is 4.84 Å². The first-order valence-electron chi connectivity index (χ1n) is 3.61. The molecule has 11 heavy (non-hydrogen) atoms. The number of rotatable bonds is 0. The van der Waals surface area contributed by atoms with Gasteiger partial charge in [0.15, 0.2) is 0 Å². The molecule has 1 aromatic heterocycles. The molecule has 0 saturated carbocycles. The maximum atomic E-state index is 5.06. The summed E-state index contributed by atoms with van der Waals surface area (Å²) in [5, 5.41) is 7.78. The summed E-state index contributed by atoms with van der Waals surface area (Å²) >= 11 is 0. The number of hydrogen-bond donors (Lipinski definition) is 1. The SMILES string of the molecule is c1cc2c(nn1)CNOCC2. The molecule has 1 aliphatic rings. The average molecular weight is 151 g/mol. The standard InChI is InChI=1S/C7H9N3O/c1-3-8-10-7-5-9-11-4-2-6(1)7/h1,3,9H,2,4-5H2. The fourth-order valence-electron chi connectivity index (χ4n) is 1.12. The third kappa shape index (κ3) is 1.36. The van der Waals surface area contributed by atoms with Crippen molar-refractivity contribution in [3.8, 4) is 0 Å². The Hall–Kier alpha value is -1.00. The highest BCUT2D eigenvalue weighted by Gasteiger charge is 2.07. The van der Waals surface area contributed by atoms with Crippen molar-refractivity contribution in [1.82, 2.24) is 15.7 Å². The van der Waals surface area contributed by atoms with E-state index in [1.165, 1.54) is 5.56 Å². The molecule has 0 fully saturated rings. The van der Waals surface area contributed by atoms with Gasteiger partial charge in [-0.15, -0.1) is 0 Å². The number of hydroxylamine groups is 1. The molecule has 1 aromatic rings. The summed E-state index contributed by atoms with van der Waals surface area (Å²) in [6.07, 6.45) is 2.63. The molecule has 1 N–H and O–H groups in total. The zero-order valence-electron chi connectivity index (χ0n) is 6.08. The minimum atomic E-state index is 0.656. The normalized spacial score (nSPS) is 17.1. The molecule has 0 bridgehead atoms. The lowest BCUT2D eigenvalue weighted by Gasteiger charge is -1.98. The predicted molar refractivity (Wildman–Crippen MR) is 38.5 cm³/mol. The minimum Gasteiger partial charge on any atom is -0.301 e. The van der Waals surface area contributed by atoms with Crippen LogP contribution in [0.5, 0.6) is 0 Å². The summed E-state index contributed by atoms with van der Waals surface area (Å²) in [6, 6.07) is 1.98. The smallest absolute Gasteiger partial charge is 0.0825 e. The Bertz CT molecular complexity index is 226. The summed E-state index contributed by atoms with van der Waals surface area (Å²) in [7, 11) is 0. The van der Waals surface area contributed by atoms with Gasteiger partial charge in [-0.2, -0.15) is 15.7 Å². The van der Waals surface area contributed by atoms with Gasteiger partial charge in [0.1, 0.15) is 0 Å². The minimum absolute atomic E-state index is 0.656. The first-order chi connectivity index (χ1) is 5.47. The summed E-state index contributed by atoms with van der Waals surface area (Å²) in [5.41, 5.74) is 5.02. The van der Waals surface area contributed by atoms with Crippen LogP contribution in [0, 0.1) is 0 Å². The van der Waals surface area contributed by atoms with E-state index in [0.29, 0.717) is 13.2 Å². The Balaban J connectivity index is 2.33. The Kier molecular flexibility index (Phi) is 1.79. The van der Waals surface area contributed by atoms with Crippen LogP contribution in [0.3, 0.4) is 0 Å². The van der Waals surface area contributed by atoms with Crippen LogP contribution >= 0.6 is 0 Å². The Morgan fingerprint density at radius 3 is 3.55 bits per heavy atom. The van der Waals surface area contributed by atoms with Crippen molar-refractivity contribution in [3.63, 3.8) is 0 Å². The van der Waals surface area contributed by atoms with Gasteiger partial charge in [-0.25, -0.2) is 0 Å². The third-order valence-electron chi connectivity index (χ3n) is 1.71. The van der Waals surface area contributed by atoms with Crippen LogP contribution in [0.1, 0.15) is 11.3 Å². The average Bonchev–Trinajstić information content (AvgIpc) is 2.28. The van der Waals surface area contributed by atoms with Gasteiger partial charge in [-0.3, -0.25) is 0 Å². The van der Waals surface area contributed by atoms with Crippen LogP contribution in [-0.4, -0.2) is 16.8 Å². The Labute approximate surface area is 64.5 Å². The molecule has 0 unspecified atom stereocenters. The predicted octanol–water partition coefficient (Wildman–Crippen LogP) is 0.0539. The van der Waals surface area contributed by atoms with E-state index in [1.807, 2.05) is 6.07 Å². The fourth-order valence-corrected chi connectivity index (χ4v) is 1.12. The maximum Gasteiger partial charge on any atom is 0.0825 e. The Morgan fingerprint density at radius 1 is 1.55 bits per heavy atom. The molecular weight excluding hydrogens is 142 g/mol. The van der Waals surface area contributed by atoms with E-state index in [2.05, 4.69) is 15.7 Å². The first kappa shape index (κ1) is 6.69. The molecule has 0 atom stereocenters. The van der Waals surface area contributed by atoms with Crippen molar-refractivity contribution in [2.75, 3.05) is 6.61 Å². The topological polar surface area (TPSA) is 47.0 Å². The molecule has 4 nitrogen and oxygen atoms in total. The van der Waals surface area contributed by atoms with Gasteiger partial charge in [0.2, 0.25) is 0 Å². The van der Waals surface area contributed by atoms with Crippen molar-refractivity contribution in [2.45, 2.75) is 13.0 Å². The zero-order chi connectivity index (χ0) is 7.52. The highest BCUT2D eigenvalue weighted by atomic mass is 16.6. The van der Waals surface area contributed by atoms with Crippen molar-refractivity contribution in [3.05, 3.63) is 23.5 Å². The van der Waals surface area contributed by atoms with Gasteiger partial charge >= 0.3 is 0 Å². The van der Waals surface area contributed by atoms with Crippen LogP contribution in [0.4, 0.5) is 0 Å². The zero-order valence-corrected chi connectivity index (χ0v) is 6.08. The molecule has 0 spiro atoms. The molecule has 4 heteroatoms. The lowest BCUT2D eigenvalue weighted by atomic mass is 10.1. The molecule has 1 aliphatic heterocycles. The molecular formula is C7H9N3O. The van der Waals surface area contributed by atoms with Crippen LogP contribution in [0.25, 0.3) is 0 Å². The lowest BCUT2D eigenvalue weighted by molar-refractivity contribution is 0.0439. The summed E-state index contributed by atoms with van der Waals surface area (Å²) in [4.78, 5) is 5.06. The largest absolute Gasteiger partial charge is 0.301 e. The first-order valence-corrected chi connectivity index (χ1v) is 3.61. The number of aromatic nitrogens is 2. The summed E-state index contributed by atoms with van der Waals surface area (Å²) in [6.45, 7) is 1.36. The van der Waals surface area contributed by atoms with Gasteiger partial charge in [-0.05, 0) is 18.1 Å². The van der Waals surface area contributed by atoms with E-state index in [9.17, 15) is 0 Å². The second-order valence-corrected chi connectivity index (χ2v) is 2.42. The van der Waals surface area contributed by atoms with Crippen LogP contribution < -0.4 is 5.48 Å². The van der Waals surface area contributed by atoms with Crippen molar-refractivity contribution in [1.29, 1.82) is 0 Å². The van der Waals surface area contributed by atoms with Crippen molar-refractivity contribution < 1.29 is 4.84 Å². The number of hydrogen-bond acceptors (Lipinski definition) is 4. The van der Waals surface area contributed by atoms with Gasteiger partial charge in [0, 0.05) is 6.20 Å². The quantitative estimate of drug-likeness (QED) is 0.569. The highest BCUT2D eigenvalue weighted by Crippen LogP contribution is 2.07. The van der Waals surface area contributed by atoms with Crippen molar-refractivity contribution >= 4 is 0 Å². The molecule has 0 aliphatic carbocycles. The second-order valence-electron chi connectivity index (χ2n) is 2.42. The lowest BCUT2D eigenvalue weighted by Crippen LogP contribution is -2.12. The van der Waals surface area contributed by atoms with E-state index < -0.39 is 0 Å². The molecule has 0 radical (unpaired) electrons. The van der Waals surface area contributed by atoms with E-state index in [-0.39, 0.29) is 0 Å². The monoisotopic (exact) mass is 151 g/mol. The number of nitrogens with zero attached hydrogens (tertiary/aromatic N) is 2. The van der Waals surface area contributed by atoms with Crippen LogP contribution in [0.2, 0.25) is 0 Å². The van der Waals surface area contributed by atoms with E-state index in [1.54, 1.807) is 6.20 Å². The van der Waals surface area contributed by atoms with Gasteiger partial charge in [0.05, 0.1) is 18.8 Å². The summed E-state index contributed by atoms with van der Waals surface area (Å²) in [5.74, 6) is 0. The van der Waals surface area contributed by atoms with Crippen LogP contribution in [0.15, 0.2) is 12.3 Å². The second kappa shape index (κ2) is 2.94. The molecule has 58 valence electrons. The third-order valence-corrected chi connectivity index (χ3v) is 1.71. The molecule has 0 saturated heterocycles. The van der Waals surface area contributed by atoms with Gasteiger partial charge < -0.3 is 4.84 Å². The number of fused-ring (bicyclic) bond motifs is 1. The highest BCUT2D eigenvalue weighted by molar-refractivity contribution is 5.17. The molecule has 0 amide bonds. The van der Waals surface area contributed by atoms with E-state index in [0.717, 1.165) is 12.1 Å². The van der Waals surface area contributed by atoms with Crippen LogP contribution in [-0.2, 0) is 17.8 Å². The number of nitrogens with one attached hydrogen (secondary N) is 1. The van der Waals surface area contributed by atoms with Crippen molar-refractivity contribution in [2.24, 2.45) is 0 Å². The van der Waals surface area contributed by atoms with E-state index >= 15 is 0 Å². The molecule has 2 heterocycles. The fraction of sp³-hybridized carbons (Fsp3) is 0.429. The van der Waals surface area contributed by atoms with Gasteiger partial charge in [0.25, 0.3) is 0 Å². The molecule has 0 aromatic carbocycles. The van der Waals surface area contributed by atoms with Gasteiger partial charge in [-0.1, -0.05) is 0 Å². The summed E-state index contributed by atoms with van der Waals surface area (Å²) < 4.78 is 0. The molecule has 2 rings (SSSR count). The maximum absolute atomic E-state index is 5.06. The Morgan fingerprint density at radius 2 is 2.55 bits per heavy atom.